The van der Waals surface area contributed by atoms with Gasteiger partial charge in [-0.25, -0.2) is 4.98 Å². The van der Waals surface area contributed by atoms with Crippen LogP contribution in [0.15, 0.2) is 15.6 Å². The first-order chi connectivity index (χ1) is 10.1. The van der Waals surface area contributed by atoms with E-state index < -0.39 is 0 Å². The number of aryl methyl sites for hydroxylation is 5. The Bertz CT molecular complexity index is 846. The maximum Gasteiger partial charge on any atom is 0.262 e. The van der Waals surface area contributed by atoms with Gasteiger partial charge in [0.05, 0.1) is 11.7 Å². The average Bonchev–Trinajstić information content (AvgIpc) is 3.01. The number of aromatic nitrogens is 4. The first kappa shape index (κ1) is 13.9. The first-order valence-electron chi connectivity index (χ1n) is 6.86. The normalized spacial score (nSPS) is 11.4. The summed E-state index contributed by atoms with van der Waals surface area (Å²) in [6.45, 7) is 6.35. The Kier molecular flexibility index (Phi) is 3.59. The van der Waals surface area contributed by atoms with Gasteiger partial charge in [0.25, 0.3) is 5.56 Å². The van der Waals surface area contributed by atoms with E-state index in [4.69, 9.17) is 4.52 Å². The molecule has 3 aromatic rings. The van der Waals surface area contributed by atoms with E-state index in [1.807, 2.05) is 6.92 Å². The molecule has 6 nitrogen and oxygen atoms in total. The fourth-order valence-corrected chi connectivity index (χ4v) is 3.51. The third-order valence-electron chi connectivity index (χ3n) is 3.48. The van der Waals surface area contributed by atoms with Crippen molar-refractivity contribution in [3.8, 4) is 0 Å². The van der Waals surface area contributed by atoms with Crippen LogP contribution in [0.3, 0.4) is 0 Å². The van der Waals surface area contributed by atoms with Crippen molar-refractivity contribution in [1.82, 2.24) is 19.7 Å². The fraction of sp³-hybridized carbons (Fsp3) is 0.429. The largest absolute Gasteiger partial charge is 0.340 e. The molecule has 3 rings (SSSR count). The molecule has 0 amide bonds. The summed E-state index contributed by atoms with van der Waals surface area (Å²) < 4.78 is 6.56. The molecule has 0 fully saturated rings. The van der Waals surface area contributed by atoms with Crippen LogP contribution in [0, 0.1) is 13.8 Å². The Morgan fingerprint density at radius 1 is 1.38 bits per heavy atom. The Hall–Kier alpha value is -2.02. The van der Waals surface area contributed by atoms with Crippen LogP contribution in [0.1, 0.15) is 29.1 Å². The van der Waals surface area contributed by atoms with Gasteiger partial charge in [0, 0.05) is 24.8 Å². The molecular weight excluding hydrogens is 288 g/mol. The molecule has 0 atom stereocenters. The van der Waals surface area contributed by atoms with E-state index in [0.29, 0.717) is 24.7 Å². The Morgan fingerprint density at radius 2 is 2.19 bits per heavy atom. The molecule has 0 aliphatic carbocycles. The molecule has 0 unspecified atom stereocenters. The number of fused-ring (bicyclic) bond motifs is 1. The SMILES string of the molecule is CCc1c(C)sc2ncn(CCc3noc(C)n3)c(=O)c12. The van der Waals surface area contributed by atoms with Gasteiger partial charge in [-0.2, -0.15) is 4.98 Å². The highest BCUT2D eigenvalue weighted by molar-refractivity contribution is 7.18. The van der Waals surface area contributed by atoms with Crippen molar-refractivity contribution >= 4 is 21.6 Å². The van der Waals surface area contributed by atoms with Gasteiger partial charge in [0.15, 0.2) is 5.82 Å². The molecule has 0 N–H and O–H groups in total. The van der Waals surface area contributed by atoms with Crippen LogP contribution in [0.4, 0.5) is 0 Å². The summed E-state index contributed by atoms with van der Waals surface area (Å²) in [6.07, 6.45) is 3.00. The van der Waals surface area contributed by atoms with Crippen molar-refractivity contribution in [3.05, 3.63) is 38.8 Å². The molecule has 0 aliphatic heterocycles. The van der Waals surface area contributed by atoms with E-state index in [9.17, 15) is 4.79 Å². The standard InChI is InChI=1S/C14H16N4O2S/c1-4-10-8(2)21-13-12(10)14(19)18(7-15-13)6-5-11-16-9(3)20-17-11/h7H,4-6H2,1-3H3. The van der Waals surface area contributed by atoms with Gasteiger partial charge in [-0.15, -0.1) is 11.3 Å². The van der Waals surface area contributed by atoms with Crippen molar-refractivity contribution in [2.45, 2.75) is 40.2 Å². The van der Waals surface area contributed by atoms with E-state index in [2.05, 4.69) is 22.0 Å². The zero-order valence-corrected chi connectivity index (χ0v) is 13.0. The number of nitrogens with zero attached hydrogens (tertiary/aromatic N) is 4. The zero-order chi connectivity index (χ0) is 15.0. The van der Waals surface area contributed by atoms with Crippen molar-refractivity contribution < 1.29 is 4.52 Å². The summed E-state index contributed by atoms with van der Waals surface area (Å²) in [7, 11) is 0. The molecule has 0 saturated heterocycles. The van der Waals surface area contributed by atoms with Crippen molar-refractivity contribution in [3.63, 3.8) is 0 Å². The van der Waals surface area contributed by atoms with E-state index in [1.165, 1.54) is 4.88 Å². The minimum atomic E-state index is 0.0152. The van der Waals surface area contributed by atoms with Gasteiger partial charge in [-0.1, -0.05) is 12.1 Å². The predicted octanol–water partition coefficient (Wildman–Crippen LogP) is 2.26. The Balaban J connectivity index is 1.96. The predicted molar refractivity (Wildman–Crippen MR) is 80.7 cm³/mol. The molecule has 7 heteroatoms. The molecule has 0 spiro atoms. The lowest BCUT2D eigenvalue weighted by Gasteiger charge is -2.03. The van der Waals surface area contributed by atoms with Crippen LogP contribution >= 0.6 is 11.3 Å². The van der Waals surface area contributed by atoms with Crippen LogP contribution in [0.25, 0.3) is 10.2 Å². The zero-order valence-electron chi connectivity index (χ0n) is 12.2. The second-order valence-electron chi connectivity index (χ2n) is 4.89. The molecule has 21 heavy (non-hydrogen) atoms. The lowest BCUT2D eigenvalue weighted by Crippen LogP contribution is -2.22. The van der Waals surface area contributed by atoms with Gasteiger partial charge >= 0.3 is 0 Å². The second-order valence-corrected chi connectivity index (χ2v) is 6.10. The minimum Gasteiger partial charge on any atom is -0.340 e. The van der Waals surface area contributed by atoms with Gasteiger partial charge in [-0.3, -0.25) is 9.36 Å². The van der Waals surface area contributed by atoms with Crippen molar-refractivity contribution in [2.75, 3.05) is 0 Å². The number of rotatable bonds is 4. The Morgan fingerprint density at radius 3 is 2.86 bits per heavy atom. The number of hydrogen-bond acceptors (Lipinski definition) is 6. The maximum absolute atomic E-state index is 12.6. The fourth-order valence-electron chi connectivity index (χ4n) is 2.44. The lowest BCUT2D eigenvalue weighted by molar-refractivity contribution is 0.386. The van der Waals surface area contributed by atoms with Crippen LogP contribution in [-0.4, -0.2) is 19.7 Å². The number of thiophene rings is 1. The second kappa shape index (κ2) is 5.40. The van der Waals surface area contributed by atoms with Crippen LogP contribution < -0.4 is 5.56 Å². The Labute approximate surface area is 125 Å². The molecule has 0 bridgehead atoms. The van der Waals surface area contributed by atoms with Crippen molar-refractivity contribution in [1.29, 1.82) is 0 Å². The molecule has 110 valence electrons. The average molecular weight is 304 g/mol. The maximum atomic E-state index is 12.6. The first-order valence-corrected chi connectivity index (χ1v) is 7.68. The van der Waals surface area contributed by atoms with Crippen LogP contribution in [0.5, 0.6) is 0 Å². The van der Waals surface area contributed by atoms with Crippen LogP contribution in [0.2, 0.25) is 0 Å². The molecule has 3 aromatic heterocycles. The highest BCUT2D eigenvalue weighted by Gasteiger charge is 2.14. The van der Waals surface area contributed by atoms with E-state index >= 15 is 0 Å². The van der Waals surface area contributed by atoms with Gasteiger partial charge in [-0.05, 0) is 18.9 Å². The summed E-state index contributed by atoms with van der Waals surface area (Å²) in [6, 6.07) is 0. The van der Waals surface area contributed by atoms with Crippen molar-refractivity contribution in [2.24, 2.45) is 0 Å². The molecule has 0 aliphatic rings. The summed E-state index contributed by atoms with van der Waals surface area (Å²) in [5.41, 5.74) is 1.12. The minimum absolute atomic E-state index is 0.0152. The topological polar surface area (TPSA) is 73.8 Å². The summed E-state index contributed by atoms with van der Waals surface area (Å²) >= 11 is 1.58. The quantitative estimate of drug-likeness (QED) is 0.739. The molecule has 0 saturated carbocycles. The third-order valence-corrected chi connectivity index (χ3v) is 4.53. The molecule has 0 aromatic carbocycles. The molecule has 0 radical (unpaired) electrons. The van der Waals surface area contributed by atoms with Gasteiger partial charge in [0.1, 0.15) is 4.83 Å². The third kappa shape index (κ3) is 2.49. The van der Waals surface area contributed by atoms with E-state index in [0.717, 1.165) is 22.2 Å². The monoisotopic (exact) mass is 304 g/mol. The summed E-state index contributed by atoms with van der Waals surface area (Å²) in [5.74, 6) is 1.14. The summed E-state index contributed by atoms with van der Waals surface area (Å²) in [4.78, 5) is 23.2. The van der Waals surface area contributed by atoms with Gasteiger partial charge < -0.3 is 4.52 Å². The summed E-state index contributed by atoms with van der Waals surface area (Å²) in [5, 5.41) is 4.60. The van der Waals surface area contributed by atoms with Gasteiger partial charge in [0.2, 0.25) is 5.89 Å². The number of hydrogen-bond donors (Lipinski definition) is 0. The van der Waals surface area contributed by atoms with E-state index in [-0.39, 0.29) is 5.56 Å². The highest BCUT2D eigenvalue weighted by Crippen LogP contribution is 2.26. The van der Waals surface area contributed by atoms with E-state index in [1.54, 1.807) is 29.2 Å². The lowest BCUT2D eigenvalue weighted by atomic mass is 10.1. The smallest absolute Gasteiger partial charge is 0.262 e. The highest BCUT2D eigenvalue weighted by atomic mass is 32.1. The van der Waals surface area contributed by atoms with Crippen LogP contribution in [-0.2, 0) is 19.4 Å². The molecule has 3 heterocycles. The molecular formula is C14H16N4O2S.